The molecule has 0 aromatic rings. The van der Waals surface area contributed by atoms with Gasteiger partial charge in [0.15, 0.2) is 0 Å². The summed E-state index contributed by atoms with van der Waals surface area (Å²) < 4.78 is 4.73. The van der Waals surface area contributed by atoms with Crippen molar-refractivity contribution < 1.29 is 19.1 Å². The van der Waals surface area contributed by atoms with Gasteiger partial charge in [-0.2, -0.15) is 0 Å². The Balaban J connectivity index is 1.65. The monoisotopic (exact) mass is 496 g/mol. The third-order valence-corrected chi connectivity index (χ3v) is 9.11. The molecule has 0 aromatic heterocycles. The lowest BCUT2D eigenvalue weighted by molar-refractivity contribution is -0.140. The number of hydrogen-bond donors (Lipinski definition) is 3. The smallest absolute Gasteiger partial charge is 0.407 e. The molecule has 0 aromatic carbocycles. The summed E-state index contributed by atoms with van der Waals surface area (Å²) in [5.74, 6) is 0.180. The van der Waals surface area contributed by atoms with E-state index in [1.807, 2.05) is 20.8 Å². The SMILES string of the molecule is CCCOC(=O)NC(C(=O)N1CCCC1C(=O)NCC1CCC(N)CC1)C(C)(C)SC1CCC1. The number of nitrogens with zero attached hydrogens (tertiary/aromatic N) is 1. The van der Waals surface area contributed by atoms with E-state index in [-0.39, 0.29) is 17.9 Å². The Labute approximate surface area is 208 Å². The van der Waals surface area contributed by atoms with Crippen LogP contribution in [0.2, 0.25) is 0 Å². The summed E-state index contributed by atoms with van der Waals surface area (Å²) in [6.45, 7) is 7.43. The Kier molecular flexibility index (Phi) is 9.95. The Hall–Kier alpha value is -1.48. The van der Waals surface area contributed by atoms with Gasteiger partial charge in [-0.3, -0.25) is 9.59 Å². The highest BCUT2D eigenvalue weighted by atomic mass is 32.2. The summed E-state index contributed by atoms with van der Waals surface area (Å²) in [6, 6.07) is -0.959. The van der Waals surface area contributed by atoms with E-state index in [4.69, 9.17) is 10.5 Å². The minimum atomic E-state index is -0.754. The van der Waals surface area contributed by atoms with Gasteiger partial charge in [-0.1, -0.05) is 13.3 Å². The number of ether oxygens (including phenoxy) is 1. The molecule has 2 aliphatic carbocycles. The van der Waals surface area contributed by atoms with E-state index in [2.05, 4.69) is 10.6 Å². The summed E-state index contributed by atoms with van der Waals surface area (Å²) in [4.78, 5) is 41.0. The van der Waals surface area contributed by atoms with Gasteiger partial charge in [-0.15, -0.1) is 11.8 Å². The van der Waals surface area contributed by atoms with Gasteiger partial charge in [0.1, 0.15) is 12.1 Å². The van der Waals surface area contributed by atoms with Crippen LogP contribution in [0, 0.1) is 5.92 Å². The largest absolute Gasteiger partial charge is 0.450 e. The number of carbonyl (C=O) groups is 3. The standard InChI is InChI=1S/C25H44N4O4S/c1-4-15-33-24(32)28-21(25(2,3)34-19-7-5-8-19)23(31)29-14-6-9-20(29)22(30)27-16-17-10-12-18(26)13-11-17/h17-21H,4-16,26H2,1-3H3,(H,27,30)(H,28,32). The topological polar surface area (TPSA) is 114 Å². The van der Waals surface area contributed by atoms with Crippen molar-refractivity contribution in [1.82, 2.24) is 15.5 Å². The van der Waals surface area contributed by atoms with Crippen LogP contribution < -0.4 is 16.4 Å². The quantitative estimate of drug-likeness (QED) is 0.428. The molecule has 3 aliphatic rings. The molecule has 0 spiro atoms. The lowest BCUT2D eigenvalue weighted by Gasteiger charge is -2.40. The Bertz CT molecular complexity index is 707. The zero-order valence-corrected chi connectivity index (χ0v) is 22.0. The van der Waals surface area contributed by atoms with Gasteiger partial charge < -0.3 is 26.0 Å². The third kappa shape index (κ3) is 7.26. The average Bonchev–Trinajstić information content (AvgIpc) is 3.27. The van der Waals surface area contributed by atoms with Gasteiger partial charge in [0.2, 0.25) is 11.8 Å². The first-order valence-corrected chi connectivity index (χ1v) is 14.0. The molecule has 1 aliphatic heterocycles. The predicted molar refractivity (Wildman–Crippen MR) is 136 cm³/mol. The molecule has 4 N–H and O–H groups in total. The van der Waals surface area contributed by atoms with Gasteiger partial charge in [-0.25, -0.2) is 4.79 Å². The molecule has 3 rings (SSSR count). The van der Waals surface area contributed by atoms with E-state index in [1.165, 1.54) is 6.42 Å². The molecule has 3 amide bonds. The lowest BCUT2D eigenvalue weighted by Crippen LogP contribution is -2.60. The maximum Gasteiger partial charge on any atom is 0.407 e. The number of hydrogen-bond acceptors (Lipinski definition) is 6. The highest BCUT2D eigenvalue weighted by Crippen LogP contribution is 2.41. The molecule has 1 saturated heterocycles. The van der Waals surface area contributed by atoms with Crippen molar-refractivity contribution in [2.24, 2.45) is 11.7 Å². The highest BCUT2D eigenvalue weighted by molar-refractivity contribution is 8.01. The molecular formula is C25H44N4O4S. The molecule has 0 bridgehead atoms. The predicted octanol–water partition coefficient (Wildman–Crippen LogP) is 3.18. The molecule has 8 nitrogen and oxygen atoms in total. The van der Waals surface area contributed by atoms with Crippen molar-refractivity contribution in [1.29, 1.82) is 0 Å². The van der Waals surface area contributed by atoms with Crippen LogP contribution in [0.3, 0.4) is 0 Å². The summed E-state index contributed by atoms with van der Waals surface area (Å²) in [6.07, 6.45) is 9.13. The molecule has 0 radical (unpaired) electrons. The van der Waals surface area contributed by atoms with Crippen LogP contribution in [-0.4, -0.2) is 70.6 Å². The van der Waals surface area contributed by atoms with Crippen LogP contribution in [0.1, 0.15) is 85.0 Å². The van der Waals surface area contributed by atoms with E-state index in [1.54, 1.807) is 16.7 Å². The highest BCUT2D eigenvalue weighted by Gasteiger charge is 2.45. The summed E-state index contributed by atoms with van der Waals surface area (Å²) >= 11 is 1.76. The zero-order chi connectivity index (χ0) is 24.7. The fourth-order valence-corrected chi connectivity index (χ4v) is 6.82. The second-order valence-corrected chi connectivity index (χ2v) is 12.7. The van der Waals surface area contributed by atoms with Gasteiger partial charge >= 0.3 is 6.09 Å². The van der Waals surface area contributed by atoms with Gasteiger partial charge in [0.25, 0.3) is 0 Å². The summed E-state index contributed by atoms with van der Waals surface area (Å²) in [7, 11) is 0. The van der Waals surface area contributed by atoms with Crippen molar-refractivity contribution in [3.63, 3.8) is 0 Å². The minimum Gasteiger partial charge on any atom is -0.450 e. The second kappa shape index (κ2) is 12.5. The van der Waals surface area contributed by atoms with E-state index in [0.29, 0.717) is 43.7 Å². The van der Waals surface area contributed by atoms with E-state index >= 15 is 0 Å². The molecule has 9 heteroatoms. The minimum absolute atomic E-state index is 0.0857. The summed E-state index contributed by atoms with van der Waals surface area (Å²) in [5, 5.41) is 6.45. The van der Waals surface area contributed by atoms with Gasteiger partial charge in [0.05, 0.1) is 6.61 Å². The maximum absolute atomic E-state index is 13.8. The molecule has 2 unspecified atom stereocenters. The molecular weight excluding hydrogens is 452 g/mol. The number of alkyl carbamates (subject to hydrolysis) is 1. The second-order valence-electron chi connectivity index (χ2n) is 10.7. The fourth-order valence-electron chi connectivity index (χ4n) is 5.10. The number of carbonyl (C=O) groups excluding carboxylic acids is 3. The van der Waals surface area contributed by atoms with Crippen molar-refractivity contribution in [3.05, 3.63) is 0 Å². The Morgan fingerprint density at radius 3 is 2.41 bits per heavy atom. The average molecular weight is 497 g/mol. The first kappa shape index (κ1) is 27.1. The van der Waals surface area contributed by atoms with Gasteiger partial charge in [0, 0.05) is 29.1 Å². The number of nitrogens with two attached hydrogens (primary N) is 1. The summed E-state index contributed by atoms with van der Waals surface area (Å²) in [5.41, 5.74) is 6.00. The maximum atomic E-state index is 13.8. The van der Waals surface area contributed by atoms with Crippen LogP contribution in [0.25, 0.3) is 0 Å². The molecule has 2 saturated carbocycles. The number of thioether (sulfide) groups is 1. The molecule has 194 valence electrons. The van der Waals surface area contributed by atoms with Crippen LogP contribution in [0.5, 0.6) is 0 Å². The van der Waals surface area contributed by atoms with Gasteiger partial charge in [-0.05, 0) is 77.6 Å². The van der Waals surface area contributed by atoms with Crippen molar-refractivity contribution in [3.8, 4) is 0 Å². The first-order chi connectivity index (χ1) is 16.2. The molecule has 3 fully saturated rings. The Morgan fingerprint density at radius 2 is 1.79 bits per heavy atom. The lowest BCUT2D eigenvalue weighted by atomic mass is 9.86. The first-order valence-electron chi connectivity index (χ1n) is 13.2. The van der Waals surface area contributed by atoms with Crippen molar-refractivity contribution in [2.45, 2.75) is 113 Å². The van der Waals surface area contributed by atoms with Crippen molar-refractivity contribution in [2.75, 3.05) is 19.7 Å². The molecule has 34 heavy (non-hydrogen) atoms. The van der Waals surface area contributed by atoms with E-state index in [9.17, 15) is 14.4 Å². The van der Waals surface area contributed by atoms with Crippen LogP contribution in [0.15, 0.2) is 0 Å². The number of nitrogens with one attached hydrogen (secondary N) is 2. The zero-order valence-electron chi connectivity index (χ0n) is 21.1. The number of rotatable bonds is 10. The third-order valence-electron chi connectivity index (χ3n) is 7.46. The Morgan fingerprint density at radius 1 is 1.09 bits per heavy atom. The van der Waals surface area contributed by atoms with Crippen LogP contribution >= 0.6 is 11.8 Å². The number of amides is 3. The fraction of sp³-hybridized carbons (Fsp3) is 0.880. The molecule has 2 atom stereocenters. The number of likely N-dealkylation sites (tertiary alicyclic amines) is 1. The van der Waals surface area contributed by atoms with Crippen LogP contribution in [0.4, 0.5) is 4.79 Å². The molecule has 1 heterocycles. The van der Waals surface area contributed by atoms with Crippen molar-refractivity contribution >= 4 is 29.7 Å². The normalized spacial score (nSPS) is 26.5. The van der Waals surface area contributed by atoms with E-state index < -0.39 is 22.9 Å². The van der Waals surface area contributed by atoms with E-state index in [0.717, 1.165) is 44.9 Å². The van der Waals surface area contributed by atoms with Crippen LogP contribution in [-0.2, 0) is 14.3 Å².